The minimum absolute atomic E-state index is 0.0666. The lowest BCUT2D eigenvalue weighted by Gasteiger charge is -2.28. The Bertz CT molecular complexity index is 540. The third kappa shape index (κ3) is 1.63. The van der Waals surface area contributed by atoms with Crippen LogP contribution in [0.5, 0.6) is 0 Å². The Balaban J connectivity index is 2.08. The number of aliphatic hydroxyl groups is 1. The first-order chi connectivity index (χ1) is 8.27. The van der Waals surface area contributed by atoms with Crippen molar-refractivity contribution in [2.75, 3.05) is 18.9 Å². The fourth-order valence-corrected chi connectivity index (χ4v) is 2.15. The fourth-order valence-electron chi connectivity index (χ4n) is 2.15. The van der Waals surface area contributed by atoms with Gasteiger partial charge in [-0.25, -0.2) is 15.0 Å². The zero-order chi connectivity index (χ0) is 11.8. The average Bonchev–Trinajstić information content (AvgIpc) is 2.75. The number of fused-ring (bicyclic) bond motifs is 1. The normalized spacial score (nSPS) is 25.2. The minimum atomic E-state index is -0.544. The molecule has 17 heavy (non-hydrogen) atoms. The Morgan fingerprint density at radius 2 is 2.29 bits per heavy atom. The van der Waals surface area contributed by atoms with Gasteiger partial charge in [0, 0.05) is 6.61 Å². The van der Waals surface area contributed by atoms with Crippen LogP contribution in [0.1, 0.15) is 12.5 Å². The summed E-state index contributed by atoms with van der Waals surface area (Å²) in [6.45, 7) is 0.965. The Hall–Kier alpha value is -1.73. The van der Waals surface area contributed by atoms with E-state index in [1.165, 1.54) is 6.33 Å². The quantitative estimate of drug-likeness (QED) is 0.706. The van der Waals surface area contributed by atoms with Gasteiger partial charge in [0.25, 0.3) is 0 Å². The molecule has 1 aliphatic rings. The van der Waals surface area contributed by atoms with Gasteiger partial charge in [0.1, 0.15) is 11.8 Å². The molecule has 1 aliphatic heterocycles. The highest BCUT2D eigenvalue weighted by Crippen LogP contribution is 2.25. The SMILES string of the molecule is Nc1ncnc2c1ncn2[C@@H]1CCOC[C@H]1O. The summed E-state index contributed by atoms with van der Waals surface area (Å²) < 4.78 is 7.05. The van der Waals surface area contributed by atoms with Gasteiger partial charge in [0.2, 0.25) is 0 Å². The highest BCUT2D eigenvalue weighted by molar-refractivity contribution is 5.81. The monoisotopic (exact) mass is 235 g/mol. The van der Waals surface area contributed by atoms with E-state index >= 15 is 0 Å². The first-order valence-electron chi connectivity index (χ1n) is 5.46. The molecule has 0 bridgehead atoms. The van der Waals surface area contributed by atoms with Crippen molar-refractivity contribution in [2.45, 2.75) is 18.6 Å². The van der Waals surface area contributed by atoms with Gasteiger partial charge in [0.05, 0.1) is 25.1 Å². The van der Waals surface area contributed by atoms with E-state index in [0.29, 0.717) is 30.2 Å². The maximum Gasteiger partial charge on any atom is 0.165 e. The van der Waals surface area contributed by atoms with Crippen LogP contribution in [-0.4, -0.2) is 43.9 Å². The molecule has 0 radical (unpaired) electrons. The van der Waals surface area contributed by atoms with Crippen LogP contribution in [0.3, 0.4) is 0 Å². The molecule has 0 spiro atoms. The van der Waals surface area contributed by atoms with Crippen molar-refractivity contribution in [2.24, 2.45) is 0 Å². The number of ether oxygens (including phenoxy) is 1. The number of rotatable bonds is 1. The first-order valence-corrected chi connectivity index (χ1v) is 5.46. The molecule has 3 rings (SSSR count). The number of nitrogens with two attached hydrogens (primary N) is 1. The molecule has 2 aromatic heterocycles. The molecule has 3 heterocycles. The number of imidazole rings is 1. The van der Waals surface area contributed by atoms with E-state index in [9.17, 15) is 5.11 Å². The molecule has 0 aromatic carbocycles. The molecule has 7 heteroatoms. The second kappa shape index (κ2) is 3.94. The van der Waals surface area contributed by atoms with Crippen LogP contribution in [0.15, 0.2) is 12.7 Å². The molecule has 7 nitrogen and oxygen atoms in total. The van der Waals surface area contributed by atoms with Crippen LogP contribution in [-0.2, 0) is 4.74 Å². The van der Waals surface area contributed by atoms with Gasteiger partial charge in [0.15, 0.2) is 11.5 Å². The van der Waals surface area contributed by atoms with E-state index in [1.807, 2.05) is 4.57 Å². The smallest absolute Gasteiger partial charge is 0.165 e. The van der Waals surface area contributed by atoms with Crippen molar-refractivity contribution in [1.82, 2.24) is 19.5 Å². The first kappa shape index (κ1) is 10.4. The topological polar surface area (TPSA) is 99.1 Å². The van der Waals surface area contributed by atoms with Crippen molar-refractivity contribution >= 4 is 17.0 Å². The number of nitrogens with zero attached hydrogens (tertiary/aromatic N) is 4. The number of aromatic nitrogens is 4. The number of nitrogen functional groups attached to an aromatic ring is 1. The van der Waals surface area contributed by atoms with E-state index < -0.39 is 6.10 Å². The molecule has 3 N–H and O–H groups in total. The molecule has 0 amide bonds. The van der Waals surface area contributed by atoms with E-state index in [-0.39, 0.29) is 6.04 Å². The number of hydrogen-bond acceptors (Lipinski definition) is 6. The van der Waals surface area contributed by atoms with Gasteiger partial charge in [-0.3, -0.25) is 0 Å². The summed E-state index contributed by atoms with van der Waals surface area (Å²) in [6.07, 6.45) is 3.24. The van der Waals surface area contributed by atoms with Gasteiger partial charge >= 0.3 is 0 Å². The summed E-state index contributed by atoms with van der Waals surface area (Å²) >= 11 is 0. The predicted octanol–water partition coefficient (Wildman–Crippen LogP) is -0.269. The standard InChI is InChI=1S/C10H13N5O2/c11-9-8-10(13-4-12-9)15(5-14-8)6-1-2-17-3-7(6)16/h4-7,16H,1-3H2,(H2,11,12,13)/t6-,7-/m1/s1. The third-order valence-corrected chi connectivity index (χ3v) is 3.04. The van der Waals surface area contributed by atoms with Crippen LogP contribution in [0, 0.1) is 0 Å². The minimum Gasteiger partial charge on any atom is -0.389 e. The average molecular weight is 235 g/mol. The Morgan fingerprint density at radius 1 is 1.41 bits per heavy atom. The lowest BCUT2D eigenvalue weighted by molar-refractivity contribution is -0.0376. The third-order valence-electron chi connectivity index (χ3n) is 3.04. The maximum atomic E-state index is 9.92. The summed E-state index contributed by atoms with van der Waals surface area (Å²) in [5.41, 5.74) is 6.95. The van der Waals surface area contributed by atoms with Crippen LogP contribution >= 0.6 is 0 Å². The molecular formula is C10H13N5O2. The van der Waals surface area contributed by atoms with Gasteiger partial charge < -0.3 is 20.1 Å². The summed E-state index contributed by atoms with van der Waals surface area (Å²) in [6, 6.07) is -0.0666. The zero-order valence-electron chi connectivity index (χ0n) is 9.15. The maximum absolute atomic E-state index is 9.92. The van der Waals surface area contributed by atoms with Crippen LogP contribution in [0.2, 0.25) is 0 Å². The summed E-state index contributed by atoms with van der Waals surface area (Å²) in [4.78, 5) is 12.2. The molecule has 2 aromatic rings. The number of hydrogen-bond donors (Lipinski definition) is 2. The lowest BCUT2D eigenvalue weighted by Crippen LogP contribution is -2.34. The van der Waals surface area contributed by atoms with E-state index in [0.717, 1.165) is 6.42 Å². The van der Waals surface area contributed by atoms with Crippen molar-refractivity contribution in [3.05, 3.63) is 12.7 Å². The van der Waals surface area contributed by atoms with Crippen molar-refractivity contribution in [1.29, 1.82) is 0 Å². The van der Waals surface area contributed by atoms with E-state index in [2.05, 4.69) is 15.0 Å². The van der Waals surface area contributed by atoms with Gasteiger partial charge in [-0.05, 0) is 6.42 Å². The second-order valence-electron chi connectivity index (χ2n) is 4.08. The fraction of sp³-hybridized carbons (Fsp3) is 0.500. The highest BCUT2D eigenvalue weighted by atomic mass is 16.5. The molecule has 2 atom stereocenters. The molecule has 1 saturated heterocycles. The van der Waals surface area contributed by atoms with Gasteiger partial charge in [-0.2, -0.15) is 0 Å². The summed E-state index contributed by atoms with van der Waals surface area (Å²) in [7, 11) is 0. The molecule has 0 unspecified atom stereocenters. The van der Waals surface area contributed by atoms with E-state index in [4.69, 9.17) is 10.5 Å². The Kier molecular flexibility index (Phi) is 2.41. The highest BCUT2D eigenvalue weighted by Gasteiger charge is 2.27. The molecule has 90 valence electrons. The van der Waals surface area contributed by atoms with Crippen molar-refractivity contribution < 1.29 is 9.84 Å². The molecule has 1 fully saturated rings. The van der Waals surface area contributed by atoms with E-state index in [1.54, 1.807) is 6.33 Å². The lowest BCUT2D eigenvalue weighted by atomic mass is 10.1. The van der Waals surface area contributed by atoms with Gasteiger partial charge in [-0.15, -0.1) is 0 Å². The van der Waals surface area contributed by atoms with Crippen LogP contribution in [0.25, 0.3) is 11.2 Å². The summed E-state index contributed by atoms with van der Waals surface area (Å²) in [5, 5.41) is 9.92. The number of aliphatic hydroxyl groups excluding tert-OH is 1. The Labute approximate surface area is 97.3 Å². The zero-order valence-corrected chi connectivity index (χ0v) is 9.15. The molecular weight excluding hydrogens is 222 g/mol. The second-order valence-corrected chi connectivity index (χ2v) is 4.08. The largest absolute Gasteiger partial charge is 0.389 e. The number of anilines is 1. The molecule has 0 saturated carbocycles. The van der Waals surface area contributed by atoms with Crippen LogP contribution in [0.4, 0.5) is 5.82 Å². The predicted molar refractivity (Wildman–Crippen MR) is 60.2 cm³/mol. The van der Waals surface area contributed by atoms with Crippen molar-refractivity contribution in [3.8, 4) is 0 Å². The summed E-state index contributed by atoms with van der Waals surface area (Å²) in [5.74, 6) is 0.357. The van der Waals surface area contributed by atoms with Crippen LogP contribution < -0.4 is 5.73 Å². The molecule has 0 aliphatic carbocycles. The Morgan fingerprint density at radius 3 is 3.12 bits per heavy atom. The van der Waals surface area contributed by atoms with Crippen molar-refractivity contribution in [3.63, 3.8) is 0 Å². The van der Waals surface area contributed by atoms with Gasteiger partial charge in [-0.1, -0.05) is 0 Å².